The first-order valence-electron chi connectivity index (χ1n) is 11.3. The molecule has 32 heavy (non-hydrogen) atoms. The van der Waals surface area contributed by atoms with Gasteiger partial charge in [-0.3, -0.25) is 9.36 Å². The Labute approximate surface area is 188 Å². The lowest BCUT2D eigenvalue weighted by molar-refractivity contribution is -0.273. The zero-order valence-electron chi connectivity index (χ0n) is 19.7. The standard InChI is InChI=1S/C22H36N4O6/c1-12(2)21(28)23-17-9-10-26(22(29)24-17)18-8-7-16(13(3)30-18)32-19-11-15(27)20(25(5)6)14(4)31-19/h9-10,12-16,18-20,27H,7-8,11H2,1-6H3,(H,23,24,28,29)/t13-,14-,15+,16+,18-,19?,20-/m1/s1. The Morgan fingerprint density at radius 3 is 2.56 bits per heavy atom. The Balaban J connectivity index is 1.58. The van der Waals surface area contributed by atoms with Crippen molar-refractivity contribution in [3.05, 3.63) is 22.7 Å². The molecule has 1 amide bonds. The molecule has 2 aliphatic rings. The second-order valence-electron chi connectivity index (χ2n) is 9.22. The molecule has 180 valence electrons. The second kappa shape index (κ2) is 10.4. The smallest absolute Gasteiger partial charge is 0.351 e. The van der Waals surface area contributed by atoms with Crippen LogP contribution in [0.25, 0.3) is 0 Å². The molecule has 2 N–H and O–H groups in total. The van der Waals surface area contributed by atoms with Gasteiger partial charge in [0.05, 0.1) is 30.5 Å². The lowest BCUT2D eigenvalue weighted by Gasteiger charge is -2.43. The monoisotopic (exact) mass is 452 g/mol. The first kappa shape index (κ1) is 24.8. The molecule has 1 aromatic rings. The molecule has 2 saturated heterocycles. The predicted molar refractivity (Wildman–Crippen MR) is 118 cm³/mol. The van der Waals surface area contributed by atoms with Crippen LogP contribution in [-0.4, -0.2) is 76.3 Å². The first-order chi connectivity index (χ1) is 15.1. The van der Waals surface area contributed by atoms with Gasteiger partial charge in [0.2, 0.25) is 5.91 Å². The summed E-state index contributed by atoms with van der Waals surface area (Å²) in [5.74, 6) is -0.170. The van der Waals surface area contributed by atoms with E-state index in [1.807, 2.05) is 32.8 Å². The number of aliphatic hydroxyl groups is 1. The van der Waals surface area contributed by atoms with Gasteiger partial charge in [-0.15, -0.1) is 0 Å². The molecule has 0 saturated carbocycles. The molecule has 0 bridgehead atoms. The van der Waals surface area contributed by atoms with Crippen molar-refractivity contribution in [1.82, 2.24) is 14.5 Å². The molecule has 1 aromatic heterocycles. The molecule has 1 unspecified atom stereocenters. The van der Waals surface area contributed by atoms with E-state index in [0.29, 0.717) is 19.3 Å². The average Bonchev–Trinajstić information content (AvgIpc) is 2.69. The maximum Gasteiger partial charge on any atom is 0.351 e. The van der Waals surface area contributed by atoms with Gasteiger partial charge in [-0.2, -0.15) is 4.98 Å². The number of hydrogen-bond donors (Lipinski definition) is 2. The highest BCUT2D eigenvalue weighted by Gasteiger charge is 2.40. The summed E-state index contributed by atoms with van der Waals surface area (Å²) in [7, 11) is 3.85. The topological polar surface area (TPSA) is 115 Å². The second-order valence-corrected chi connectivity index (χ2v) is 9.22. The van der Waals surface area contributed by atoms with Crippen LogP contribution >= 0.6 is 0 Å². The molecule has 0 aromatic carbocycles. The van der Waals surface area contributed by atoms with Gasteiger partial charge >= 0.3 is 5.69 Å². The molecule has 10 heteroatoms. The van der Waals surface area contributed by atoms with Crippen LogP contribution in [0.1, 0.15) is 53.2 Å². The molecule has 7 atom stereocenters. The van der Waals surface area contributed by atoms with Crippen molar-refractivity contribution in [2.45, 2.75) is 89.9 Å². The summed E-state index contributed by atoms with van der Waals surface area (Å²) in [4.78, 5) is 30.2. The number of likely N-dealkylation sites (N-methyl/N-ethyl adjacent to an activating group) is 1. The minimum Gasteiger partial charge on any atom is -0.391 e. The molecule has 2 fully saturated rings. The van der Waals surface area contributed by atoms with E-state index < -0.39 is 24.3 Å². The van der Waals surface area contributed by atoms with Crippen LogP contribution in [0.2, 0.25) is 0 Å². The van der Waals surface area contributed by atoms with Gasteiger partial charge in [0.25, 0.3) is 0 Å². The SMILES string of the molecule is CC(C)C(=O)Nc1ccn([C@H]2CC[C@H](OC3C[C@H](O)[C@H](N(C)C)[C@@H](C)O3)[C@@H](C)O2)c(=O)n1. The number of nitrogens with one attached hydrogen (secondary N) is 1. The van der Waals surface area contributed by atoms with Crippen LogP contribution in [0.15, 0.2) is 17.1 Å². The summed E-state index contributed by atoms with van der Waals surface area (Å²) in [6.07, 6.45) is 1.08. The number of aliphatic hydroxyl groups excluding tert-OH is 1. The fourth-order valence-electron chi connectivity index (χ4n) is 4.37. The first-order valence-corrected chi connectivity index (χ1v) is 11.3. The van der Waals surface area contributed by atoms with Gasteiger partial charge < -0.3 is 29.5 Å². The summed E-state index contributed by atoms with van der Waals surface area (Å²) in [5, 5.41) is 13.1. The van der Waals surface area contributed by atoms with E-state index in [1.54, 1.807) is 26.1 Å². The van der Waals surface area contributed by atoms with Gasteiger partial charge in [-0.05, 0) is 46.9 Å². The van der Waals surface area contributed by atoms with Crippen molar-refractivity contribution in [1.29, 1.82) is 0 Å². The van der Waals surface area contributed by atoms with Crippen LogP contribution in [0.5, 0.6) is 0 Å². The number of carbonyl (C=O) groups is 1. The third kappa shape index (κ3) is 5.74. The summed E-state index contributed by atoms with van der Waals surface area (Å²) in [5.41, 5.74) is -0.481. The van der Waals surface area contributed by atoms with Crippen molar-refractivity contribution in [2.75, 3.05) is 19.4 Å². The zero-order valence-corrected chi connectivity index (χ0v) is 19.7. The molecule has 2 aliphatic heterocycles. The Morgan fingerprint density at radius 2 is 2.00 bits per heavy atom. The third-order valence-corrected chi connectivity index (χ3v) is 6.11. The van der Waals surface area contributed by atoms with Crippen LogP contribution < -0.4 is 11.0 Å². The Bertz CT molecular complexity index is 832. The minimum absolute atomic E-state index is 0.0769. The number of nitrogens with zero attached hydrogens (tertiary/aromatic N) is 3. The number of aromatic nitrogens is 2. The number of anilines is 1. The van der Waals surface area contributed by atoms with E-state index in [2.05, 4.69) is 10.3 Å². The van der Waals surface area contributed by atoms with Crippen molar-refractivity contribution in [3.63, 3.8) is 0 Å². The van der Waals surface area contributed by atoms with Crippen LogP contribution in [0.3, 0.4) is 0 Å². The zero-order chi connectivity index (χ0) is 23.6. The van der Waals surface area contributed by atoms with Gasteiger partial charge in [0, 0.05) is 18.5 Å². The normalized spacial score (nSPS) is 33.5. The van der Waals surface area contributed by atoms with E-state index in [-0.39, 0.29) is 42.0 Å². The van der Waals surface area contributed by atoms with Crippen LogP contribution in [-0.2, 0) is 19.0 Å². The minimum atomic E-state index is -0.536. The highest BCUT2D eigenvalue weighted by molar-refractivity contribution is 5.91. The molecular weight excluding hydrogens is 416 g/mol. The molecule has 0 spiro atoms. The van der Waals surface area contributed by atoms with Crippen molar-refractivity contribution < 1.29 is 24.1 Å². The van der Waals surface area contributed by atoms with E-state index in [1.165, 1.54) is 4.57 Å². The maximum atomic E-state index is 12.5. The predicted octanol–water partition coefficient (Wildman–Crippen LogP) is 1.35. The number of rotatable bonds is 6. The van der Waals surface area contributed by atoms with E-state index in [4.69, 9.17) is 14.2 Å². The number of amides is 1. The fourth-order valence-corrected chi connectivity index (χ4v) is 4.37. The van der Waals surface area contributed by atoms with Crippen molar-refractivity contribution in [3.8, 4) is 0 Å². The van der Waals surface area contributed by atoms with Gasteiger partial charge in [-0.25, -0.2) is 4.79 Å². The Kier molecular flexibility index (Phi) is 8.05. The fraction of sp³-hybridized carbons (Fsp3) is 0.773. The van der Waals surface area contributed by atoms with E-state index >= 15 is 0 Å². The molecule has 10 nitrogen and oxygen atoms in total. The van der Waals surface area contributed by atoms with Gasteiger partial charge in [0.1, 0.15) is 12.0 Å². The lowest BCUT2D eigenvalue weighted by Crippen LogP contribution is -2.55. The average molecular weight is 453 g/mol. The molecule has 3 heterocycles. The maximum absolute atomic E-state index is 12.5. The number of hydrogen-bond acceptors (Lipinski definition) is 8. The van der Waals surface area contributed by atoms with E-state index in [9.17, 15) is 14.7 Å². The van der Waals surface area contributed by atoms with Crippen molar-refractivity contribution in [2.24, 2.45) is 5.92 Å². The molecular formula is C22H36N4O6. The van der Waals surface area contributed by atoms with Crippen LogP contribution in [0.4, 0.5) is 5.82 Å². The summed E-state index contributed by atoms with van der Waals surface area (Å²) >= 11 is 0. The summed E-state index contributed by atoms with van der Waals surface area (Å²) in [6, 6.07) is 1.52. The molecule has 0 aliphatic carbocycles. The Morgan fingerprint density at radius 1 is 1.28 bits per heavy atom. The van der Waals surface area contributed by atoms with Crippen LogP contribution in [0, 0.1) is 5.92 Å². The Hall–Kier alpha value is -1.85. The largest absolute Gasteiger partial charge is 0.391 e. The number of carbonyl (C=O) groups excluding carboxylic acids is 1. The highest BCUT2D eigenvalue weighted by Crippen LogP contribution is 2.31. The van der Waals surface area contributed by atoms with Crippen molar-refractivity contribution >= 4 is 11.7 Å². The quantitative estimate of drug-likeness (QED) is 0.665. The van der Waals surface area contributed by atoms with Gasteiger partial charge in [0.15, 0.2) is 6.29 Å². The summed E-state index contributed by atoms with van der Waals surface area (Å²) < 4.78 is 19.6. The third-order valence-electron chi connectivity index (χ3n) is 6.11. The molecule has 0 radical (unpaired) electrons. The molecule has 3 rings (SSSR count). The van der Waals surface area contributed by atoms with Gasteiger partial charge in [-0.1, -0.05) is 13.8 Å². The van der Waals surface area contributed by atoms with E-state index in [0.717, 1.165) is 0 Å². The number of ether oxygens (including phenoxy) is 3. The highest BCUT2D eigenvalue weighted by atomic mass is 16.7. The lowest BCUT2D eigenvalue weighted by atomic mass is 9.98. The summed E-state index contributed by atoms with van der Waals surface area (Å²) in [6.45, 7) is 7.38.